The van der Waals surface area contributed by atoms with Crippen molar-refractivity contribution in [2.75, 3.05) is 45.8 Å². The number of hydrogen-bond acceptors (Lipinski definition) is 4. The minimum absolute atomic E-state index is 0. The van der Waals surface area contributed by atoms with Crippen molar-refractivity contribution in [1.29, 1.82) is 0 Å². The molecule has 1 rings (SSSR count). The van der Waals surface area contributed by atoms with Crippen molar-refractivity contribution in [3.05, 3.63) is 23.9 Å². The van der Waals surface area contributed by atoms with Crippen LogP contribution in [0.4, 0.5) is 5.82 Å². The molecule has 2 N–H and O–H groups in total. The van der Waals surface area contributed by atoms with E-state index in [-0.39, 0.29) is 24.0 Å². The van der Waals surface area contributed by atoms with Crippen LogP contribution < -0.4 is 15.5 Å². The third-order valence-corrected chi connectivity index (χ3v) is 2.85. The first-order chi connectivity index (χ1) is 10.2. The second-order valence-electron chi connectivity index (χ2n) is 4.89. The van der Waals surface area contributed by atoms with Crippen LogP contribution in [0, 0.1) is 0 Å². The number of ether oxygens (including phenoxy) is 1. The quantitative estimate of drug-likeness (QED) is 0.291. The number of halogens is 1. The number of anilines is 1. The number of aliphatic imine (C=N–C) groups is 1. The normalized spacial score (nSPS) is 10.8. The molecular formula is C15H28IN5O. The molecule has 0 amide bonds. The van der Waals surface area contributed by atoms with Crippen LogP contribution in [0.25, 0.3) is 0 Å². The Labute approximate surface area is 150 Å². The van der Waals surface area contributed by atoms with Crippen molar-refractivity contribution in [2.45, 2.75) is 19.9 Å². The third kappa shape index (κ3) is 8.38. The minimum atomic E-state index is 0. The van der Waals surface area contributed by atoms with E-state index in [1.807, 2.05) is 31.3 Å². The molecule has 0 aromatic carbocycles. The lowest BCUT2D eigenvalue weighted by atomic mass is 10.2. The summed E-state index contributed by atoms with van der Waals surface area (Å²) in [6.45, 7) is 5.13. The molecule has 1 aromatic heterocycles. The van der Waals surface area contributed by atoms with E-state index in [0.29, 0.717) is 6.54 Å². The average molecular weight is 421 g/mol. The number of rotatable bonds is 8. The first kappa shape index (κ1) is 20.9. The van der Waals surface area contributed by atoms with Gasteiger partial charge >= 0.3 is 0 Å². The van der Waals surface area contributed by atoms with Gasteiger partial charge in [-0.1, -0.05) is 0 Å². The molecule has 0 unspecified atom stereocenters. The lowest BCUT2D eigenvalue weighted by Gasteiger charge is -2.13. The molecule has 0 bridgehead atoms. The van der Waals surface area contributed by atoms with Crippen molar-refractivity contribution in [3.8, 4) is 0 Å². The molecule has 0 atom stereocenters. The maximum atomic E-state index is 5.04. The minimum Gasteiger partial charge on any atom is -0.385 e. The fraction of sp³-hybridized carbons (Fsp3) is 0.600. The van der Waals surface area contributed by atoms with Crippen LogP contribution in [0.1, 0.15) is 18.9 Å². The van der Waals surface area contributed by atoms with Gasteiger partial charge in [0, 0.05) is 47.1 Å². The number of methoxy groups -OCH3 is 1. The Morgan fingerprint density at radius 3 is 2.77 bits per heavy atom. The highest BCUT2D eigenvalue weighted by molar-refractivity contribution is 14.0. The summed E-state index contributed by atoms with van der Waals surface area (Å²) in [7, 11) is 5.68. The van der Waals surface area contributed by atoms with Gasteiger partial charge in [0.2, 0.25) is 0 Å². The number of nitrogens with zero attached hydrogens (tertiary/aromatic N) is 3. The number of hydrogen-bond donors (Lipinski definition) is 2. The van der Waals surface area contributed by atoms with Gasteiger partial charge in [0.15, 0.2) is 5.96 Å². The van der Waals surface area contributed by atoms with Gasteiger partial charge in [-0.05, 0) is 31.0 Å². The lowest BCUT2D eigenvalue weighted by molar-refractivity contribution is 0.195. The highest BCUT2D eigenvalue weighted by Gasteiger charge is 2.00. The molecule has 0 spiro atoms. The molecule has 0 aliphatic heterocycles. The second kappa shape index (κ2) is 12.5. The van der Waals surface area contributed by atoms with Crippen LogP contribution in [-0.2, 0) is 11.3 Å². The molecule has 7 heteroatoms. The maximum absolute atomic E-state index is 5.04. The molecular weight excluding hydrogens is 393 g/mol. The first-order valence-electron chi connectivity index (χ1n) is 7.30. The van der Waals surface area contributed by atoms with Gasteiger partial charge in [-0.25, -0.2) is 9.98 Å². The van der Waals surface area contributed by atoms with Crippen molar-refractivity contribution in [2.24, 2.45) is 4.99 Å². The maximum Gasteiger partial charge on any atom is 0.191 e. The lowest BCUT2D eigenvalue weighted by Crippen LogP contribution is -2.38. The van der Waals surface area contributed by atoms with E-state index in [1.54, 1.807) is 7.11 Å². The Morgan fingerprint density at radius 2 is 2.14 bits per heavy atom. The Bertz CT molecular complexity index is 440. The second-order valence-corrected chi connectivity index (χ2v) is 4.89. The van der Waals surface area contributed by atoms with Gasteiger partial charge in [0.05, 0.1) is 6.54 Å². The number of nitrogens with one attached hydrogen (secondary N) is 2. The smallest absolute Gasteiger partial charge is 0.191 e. The number of pyridine rings is 1. The summed E-state index contributed by atoms with van der Waals surface area (Å²) in [6.07, 6.45) is 2.78. The molecule has 0 saturated carbocycles. The zero-order valence-electron chi connectivity index (χ0n) is 13.9. The highest BCUT2D eigenvalue weighted by atomic mass is 127. The molecule has 126 valence electrons. The van der Waals surface area contributed by atoms with E-state index in [2.05, 4.69) is 33.6 Å². The topological polar surface area (TPSA) is 61.8 Å². The molecule has 6 nitrogen and oxygen atoms in total. The Balaban J connectivity index is 0.00000441. The summed E-state index contributed by atoms with van der Waals surface area (Å²) in [5, 5.41) is 6.54. The van der Waals surface area contributed by atoms with Crippen molar-refractivity contribution in [1.82, 2.24) is 15.6 Å². The van der Waals surface area contributed by atoms with Gasteiger partial charge in [-0.3, -0.25) is 0 Å². The monoisotopic (exact) mass is 421 g/mol. The van der Waals surface area contributed by atoms with E-state index in [0.717, 1.165) is 43.5 Å². The standard InChI is InChI=1S/C15H27N5O.HI/c1-5-16-15(18-8-6-10-21-4)19-12-13-7-9-17-14(11-13)20(2)3;/h7,9,11H,5-6,8,10,12H2,1-4H3,(H2,16,18,19);1H. The number of aromatic nitrogens is 1. The molecule has 0 radical (unpaired) electrons. The van der Waals surface area contributed by atoms with Crippen LogP contribution in [0.2, 0.25) is 0 Å². The van der Waals surface area contributed by atoms with Crippen LogP contribution >= 0.6 is 24.0 Å². The molecule has 0 fully saturated rings. The summed E-state index contributed by atoms with van der Waals surface area (Å²) in [5.74, 6) is 1.78. The molecule has 1 heterocycles. The van der Waals surface area contributed by atoms with E-state index in [9.17, 15) is 0 Å². The summed E-state index contributed by atoms with van der Waals surface area (Å²) >= 11 is 0. The van der Waals surface area contributed by atoms with Crippen molar-refractivity contribution >= 4 is 35.8 Å². The van der Waals surface area contributed by atoms with E-state index >= 15 is 0 Å². The van der Waals surface area contributed by atoms with Crippen LogP contribution in [0.3, 0.4) is 0 Å². The largest absolute Gasteiger partial charge is 0.385 e. The van der Waals surface area contributed by atoms with Crippen LogP contribution in [0.15, 0.2) is 23.3 Å². The van der Waals surface area contributed by atoms with Crippen LogP contribution in [0.5, 0.6) is 0 Å². The first-order valence-corrected chi connectivity index (χ1v) is 7.30. The van der Waals surface area contributed by atoms with Gasteiger partial charge < -0.3 is 20.3 Å². The Morgan fingerprint density at radius 1 is 1.36 bits per heavy atom. The van der Waals surface area contributed by atoms with Gasteiger partial charge in [-0.2, -0.15) is 0 Å². The summed E-state index contributed by atoms with van der Waals surface area (Å²) < 4.78 is 5.04. The van der Waals surface area contributed by atoms with Gasteiger partial charge in [0.25, 0.3) is 0 Å². The zero-order chi connectivity index (χ0) is 15.5. The number of guanidine groups is 1. The van der Waals surface area contributed by atoms with Gasteiger partial charge in [0.1, 0.15) is 5.82 Å². The van der Waals surface area contributed by atoms with Crippen LogP contribution in [-0.4, -0.2) is 51.8 Å². The van der Waals surface area contributed by atoms with E-state index in [4.69, 9.17) is 4.74 Å². The summed E-state index contributed by atoms with van der Waals surface area (Å²) in [4.78, 5) is 10.9. The zero-order valence-corrected chi connectivity index (χ0v) is 16.3. The molecule has 0 saturated heterocycles. The fourth-order valence-electron chi connectivity index (χ4n) is 1.74. The summed E-state index contributed by atoms with van der Waals surface area (Å²) in [6, 6.07) is 4.04. The fourth-order valence-corrected chi connectivity index (χ4v) is 1.74. The predicted octanol–water partition coefficient (Wildman–Crippen LogP) is 1.86. The van der Waals surface area contributed by atoms with Crippen molar-refractivity contribution < 1.29 is 4.74 Å². The highest BCUT2D eigenvalue weighted by Crippen LogP contribution is 2.10. The SMILES string of the molecule is CCNC(=NCc1ccnc(N(C)C)c1)NCCCOC.I. The van der Waals surface area contributed by atoms with Gasteiger partial charge in [-0.15, -0.1) is 24.0 Å². The predicted molar refractivity (Wildman–Crippen MR) is 103 cm³/mol. The average Bonchev–Trinajstić information content (AvgIpc) is 2.49. The Hall–Kier alpha value is -1.09. The van der Waals surface area contributed by atoms with E-state index < -0.39 is 0 Å². The summed E-state index contributed by atoms with van der Waals surface area (Å²) in [5.41, 5.74) is 1.14. The molecule has 1 aromatic rings. The third-order valence-electron chi connectivity index (χ3n) is 2.85. The van der Waals surface area contributed by atoms with Crippen molar-refractivity contribution in [3.63, 3.8) is 0 Å². The Kier molecular flexibility index (Phi) is 11.8. The van der Waals surface area contributed by atoms with E-state index in [1.165, 1.54) is 0 Å². The molecule has 0 aliphatic carbocycles. The molecule has 0 aliphatic rings. The molecule has 22 heavy (non-hydrogen) atoms.